The molecule has 0 spiro atoms. The molecule has 16 heavy (non-hydrogen) atoms. The Kier molecular flexibility index (Phi) is 3.14. The van der Waals surface area contributed by atoms with Crippen molar-refractivity contribution in [3.8, 4) is 5.75 Å². The fourth-order valence-corrected chi connectivity index (χ4v) is 1.42. The highest BCUT2D eigenvalue weighted by molar-refractivity contribution is 8.13. The van der Waals surface area contributed by atoms with Crippen LogP contribution >= 0.6 is 11.8 Å². The summed E-state index contributed by atoms with van der Waals surface area (Å²) in [5.41, 5.74) is 1.47. The number of benzene rings is 1. The van der Waals surface area contributed by atoms with Crippen molar-refractivity contribution >= 4 is 33.9 Å². The number of thioether (sulfide) groups is 1. The zero-order valence-electron chi connectivity index (χ0n) is 9.35. The second-order valence-electron chi connectivity index (χ2n) is 3.17. The molecule has 84 valence electrons. The Morgan fingerprint density at radius 3 is 3.00 bits per heavy atom. The fourth-order valence-electron chi connectivity index (χ4n) is 1.25. The van der Waals surface area contributed by atoms with Crippen LogP contribution in [0.5, 0.6) is 5.75 Å². The molecule has 1 aromatic carbocycles. The quantitative estimate of drug-likeness (QED) is 0.593. The Hall–Kier alpha value is -1.49. The van der Waals surface area contributed by atoms with Gasteiger partial charge in [-0.05, 0) is 25.3 Å². The van der Waals surface area contributed by atoms with Gasteiger partial charge in [-0.3, -0.25) is 0 Å². The van der Waals surface area contributed by atoms with E-state index in [1.54, 1.807) is 24.9 Å². The Morgan fingerprint density at radius 2 is 2.31 bits per heavy atom. The van der Waals surface area contributed by atoms with Crippen molar-refractivity contribution < 1.29 is 9.15 Å². The molecule has 0 atom stereocenters. The van der Waals surface area contributed by atoms with E-state index in [0.717, 1.165) is 16.3 Å². The van der Waals surface area contributed by atoms with Crippen LogP contribution < -0.4 is 4.74 Å². The van der Waals surface area contributed by atoms with E-state index >= 15 is 0 Å². The van der Waals surface area contributed by atoms with Gasteiger partial charge in [-0.15, -0.1) is 11.8 Å². The summed E-state index contributed by atoms with van der Waals surface area (Å²) in [6.07, 6.45) is 1.96. The van der Waals surface area contributed by atoms with Crippen molar-refractivity contribution in [1.29, 1.82) is 0 Å². The van der Waals surface area contributed by atoms with Crippen LogP contribution in [0.4, 0.5) is 6.01 Å². The molecule has 0 radical (unpaired) electrons. The highest BCUT2D eigenvalue weighted by Crippen LogP contribution is 2.25. The van der Waals surface area contributed by atoms with Crippen LogP contribution in [0.15, 0.2) is 27.6 Å². The van der Waals surface area contributed by atoms with Crippen LogP contribution in [0, 0.1) is 0 Å². The number of aliphatic imine (C=N–C) groups is 1. The summed E-state index contributed by atoms with van der Waals surface area (Å²) in [6.45, 7) is 1.92. The van der Waals surface area contributed by atoms with E-state index < -0.39 is 0 Å². The van der Waals surface area contributed by atoms with Gasteiger partial charge in [0.1, 0.15) is 11.3 Å². The lowest BCUT2D eigenvalue weighted by Gasteiger charge is -1.95. The molecule has 1 heterocycles. The Labute approximate surface area is 97.7 Å². The van der Waals surface area contributed by atoms with E-state index in [4.69, 9.17) is 9.15 Å². The number of hydrogen-bond acceptors (Lipinski definition) is 5. The molecule has 0 unspecified atom stereocenters. The van der Waals surface area contributed by atoms with Gasteiger partial charge in [0.05, 0.1) is 12.2 Å². The third kappa shape index (κ3) is 2.19. The Bertz CT molecular complexity index is 534. The lowest BCUT2D eigenvalue weighted by Crippen LogP contribution is -1.80. The van der Waals surface area contributed by atoms with Gasteiger partial charge in [0.15, 0.2) is 5.58 Å². The third-order valence-corrected chi connectivity index (χ3v) is 2.81. The van der Waals surface area contributed by atoms with Crippen molar-refractivity contribution in [2.75, 3.05) is 13.4 Å². The second kappa shape index (κ2) is 4.57. The van der Waals surface area contributed by atoms with E-state index in [-0.39, 0.29) is 0 Å². The Morgan fingerprint density at radius 1 is 1.50 bits per heavy atom. The first-order valence-corrected chi connectivity index (χ1v) is 5.99. The van der Waals surface area contributed by atoms with Crippen molar-refractivity contribution in [3.05, 3.63) is 18.2 Å². The summed E-state index contributed by atoms with van der Waals surface area (Å²) in [6, 6.07) is 5.89. The summed E-state index contributed by atoms with van der Waals surface area (Å²) in [7, 11) is 1.62. The molecule has 0 saturated carbocycles. The predicted molar refractivity (Wildman–Crippen MR) is 66.8 cm³/mol. The molecule has 0 fully saturated rings. The monoisotopic (exact) mass is 236 g/mol. The van der Waals surface area contributed by atoms with Gasteiger partial charge in [0.25, 0.3) is 0 Å². The van der Waals surface area contributed by atoms with Crippen molar-refractivity contribution in [2.24, 2.45) is 4.99 Å². The SMILES string of the molecule is COc1ccc2nc(/N=C(/C)SC)oc2c1. The minimum Gasteiger partial charge on any atom is -0.497 e. The summed E-state index contributed by atoms with van der Waals surface area (Å²) >= 11 is 1.56. The first-order valence-electron chi connectivity index (χ1n) is 4.77. The average Bonchev–Trinajstić information content (AvgIpc) is 2.69. The molecule has 1 aromatic heterocycles. The number of nitrogens with zero attached hydrogens (tertiary/aromatic N) is 2. The maximum atomic E-state index is 5.49. The zero-order valence-corrected chi connectivity index (χ0v) is 10.2. The smallest absolute Gasteiger partial charge is 0.323 e. The van der Waals surface area contributed by atoms with Crippen LogP contribution in [-0.4, -0.2) is 23.4 Å². The summed E-state index contributed by atoms with van der Waals surface area (Å²) in [5, 5.41) is 0.915. The van der Waals surface area contributed by atoms with Crippen LogP contribution in [0.2, 0.25) is 0 Å². The molecular formula is C11H12N2O2S. The van der Waals surface area contributed by atoms with Crippen LogP contribution in [0.25, 0.3) is 11.1 Å². The lowest BCUT2D eigenvalue weighted by atomic mass is 10.3. The number of aromatic nitrogens is 1. The number of methoxy groups -OCH3 is 1. The molecule has 0 N–H and O–H groups in total. The highest BCUT2D eigenvalue weighted by atomic mass is 32.2. The highest BCUT2D eigenvalue weighted by Gasteiger charge is 2.05. The van der Waals surface area contributed by atoms with Gasteiger partial charge in [0, 0.05) is 6.07 Å². The van der Waals surface area contributed by atoms with Gasteiger partial charge < -0.3 is 9.15 Å². The van der Waals surface area contributed by atoms with E-state index in [0.29, 0.717) is 11.6 Å². The van der Waals surface area contributed by atoms with Gasteiger partial charge >= 0.3 is 6.01 Å². The molecule has 0 aliphatic carbocycles. The molecule has 0 saturated heterocycles. The summed E-state index contributed by atoms with van der Waals surface area (Å²) in [4.78, 5) is 8.48. The van der Waals surface area contributed by atoms with Crippen molar-refractivity contribution in [2.45, 2.75) is 6.92 Å². The first kappa shape index (κ1) is 11.0. The van der Waals surface area contributed by atoms with Crippen LogP contribution in [-0.2, 0) is 0 Å². The van der Waals surface area contributed by atoms with Crippen molar-refractivity contribution in [1.82, 2.24) is 4.98 Å². The average molecular weight is 236 g/mol. The maximum Gasteiger partial charge on any atom is 0.323 e. The number of hydrogen-bond donors (Lipinski definition) is 0. The molecular weight excluding hydrogens is 224 g/mol. The van der Waals surface area contributed by atoms with E-state index in [9.17, 15) is 0 Å². The largest absolute Gasteiger partial charge is 0.497 e. The number of ether oxygens (including phenoxy) is 1. The van der Waals surface area contributed by atoms with Crippen molar-refractivity contribution in [3.63, 3.8) is 0 Å². The number of fused-ring (bicyclic) bond motifs is 1. The van der Waals surface area contributed by atoms with Gasteiger partial charge in [0.2, 0.25) is 0 Å². The zero-order chi connectivity index (χ0) is 11.5. The molecule has 5 heteroatoms. The molecule has 4 nitrogen and oxygen atoms in total. The number of oxazole rings is 1. The predicted octanol–water partition coefficient (Wildman–Crippen LogP) is 3.25. The normalized spacial score (nSPS) is 12.1. The Balaban J connectivity index is 2.44. The minimum absolute atomic E-state index is 0.384. The molecule has 0 aliphatic rings. The van der Waals surface area contributed by atoms with E-state index in [1.807, 2.05) is 25.3 Å². The molecule has 0 amide bonds. The number of rotatable bonds is 2. The molecule has 0 bridgehead atoms. The van der Waals surface area contributed by atoms with Gasteiger partial charge in [-0.2, -0.15) is 9.98 Å². The fraction of sp³-hybridized carbons (Fsp3) is 0.273. The van der Waals surface area contributed by atoms with Gasteiger partial charge in [-0.25, -0.2) is 0 Å². The maximum absolute atomic E-state index is 5.49. The lowest BCUT2D eigenvalue weighted by molar-refractivity contribution is 0.414. The minimum atomic E-state index is 0.384. The molecule has 0 aliphatic heterocycles. The molecule has 2 aromatic rings. The third-order valence-electron chi connectivity index (χ3n) is 2.13. The summed E-state index contributed by atoms with van der Waals surface area (Å²) < 4.78 is 10.6. The topological polar surface area (TPSA) is 47.6 Å². The standard InChI is InChI=1S/C11H12N2O2S/c1-7(16-3)12-11-13-9-5-4-8(14-2)6-10(9)15-11/h4-6H,1-3H3/b12-7-. The van der Waals surface area contributed by atoms with Crippen LogP contribution in [0.1, 0.15) is 6.92 Å². The van der Waals surface area contributed by atoms with E-state index in [1.165, 1.54) is 0 Å². The summed E-state index contributed by atoms with van der Waals surface area (Å²) in [5.74, 6) is 0.751. The second-order valence-corrected chi connectivity index (χ2v) is 4.16. The van der Waals surface area contributed by atoms with Gasteiger partial charge in [-0.1, -0.05) is 0 Å². The van der Waals surface area contributed by atoms with Crippen LogP contribution in [0.3, 0.4) is 0 Å². The van der Waals surface area contributed by atoms with E-state index in [2.05, 4.69) is 9.98 Å². The first-order chi connectivity index (χ1) is 7.72. The molecule has 2 rings (SSSR count).